The molecule has 0 aliphatic rings. The van der Waals surface area contributed by atoms with Crippen molar-refractivity contribution in [1.29, 1.82) is 0 Å². The lowest BCUT2D eigenvalue weighted by molar-refractivity contribution is 0.318. The van der Waals surface area contributed by atoms with E-state index in [1.807, 2.05) is 0 Å². The van der Waals surface area contributed by atoms with E-state index in [1.54, 1.807) is 0 Å². The lowest BCUT2D eigenvalue weighted by atomic mass is 10.1. The van der Waals surface area contributed by atoms with E-state index < -0.39 is 0 Å². The number of rotatable bonds is 5. The fourth-order valence-corrected chi connectivity index (χ4v) is 2.87. The highest BCUT2D eigenvalue weighted by Crippen LogP contribution is 2.20. The summed E-state index contributed by atoms with van der Waals surface area (Å²) in [6, 6.07) is 15.0. The number of halogens is 1. The Morgan fingerprint density at radius 1 is 1.05 bits per heavy atom. The van der Waals surface area contributed by atoms with Crippen molar-refractivity contribution in [3.8, 4) is 0 Å². The summed E-state index contributed by atoms with van der Waals surface area (Å²) in [7, 11) is 2.14. The second-order valence-corrected chi connectivity index (χ2v) is 6.15. The van der Waals surface area contributed by atoms with E-state index in [9.17, 15) is 0 Å². The molecule has 0 unspecified atom stereocenters. The van der Waals surface area contributed by atoms with Gasteiger partial charge in [0, 0.05) is 24.1 Å². The molecular weight excluding hydrogens is 312 g/mol. The molecule has 2 aromatic rings. The van der Waals surface area contributed by atoms with Gasteiger partial charge < -0.3 is 5.73 Å². The second-order valence-electron chi connectivity index (χ2n) is 5.29. The van der Waals surface area contributed by atoms with Crippen molar-refractivity contribution in [3.63, 3.8) is 0 Å². The summed E-state index contributed by atoms with van der Waals surface area (Å²) in [4.78, 5) is 2.32. The fraction of sp³-hybridized carbons (Fsp3) is 0.294. The lowest BCUT2D eigenvalue weighted by Crippen LogP contribution is -2.17. The highest BCUT2D eigenvalue weighted by molar-refractivity contribution is 9.10. The average Bonchev–Trinajstić information content (AvgIpc) is 2.41. The molecular formula is C17H21BrN2. The molecule has 0 atom stereocenters. The van der Waals surface area contributed by atoms with Crippen molar-refractivity contribution < 1.29 is 0 Å². The molecule has 0 spiro atoms. The van der Waals surface area contributed by atoms with Gasteiger partial charge in [-0.25, -0.2) is 0 Å². The molecule has 0 fully saturated rings. The van der Waals surface area contributed by atoms with Gasteiger partial charge in [0.2, 0.25) is 0 Å². The summed E-state index contributed by atoms with van der Waals surface area (Å²) in [5.41, 5.74) is 10.8. The zero-order valence-electron chi connectivity index (χ0n) is 12.1. The molecule has 0 aliphatic heterocycles. The Hall–Kier alpha value is -1.16. The van der Waals surface area contributed by atoms with Gasteiger partial charge in [-0.15, -0.1) is 0 Å². The molecule has 2 rings (SSSR count). The van der Waals surface area contributed by atoms with Crippen molar-refractivity contribution in [2.45, 2.75) is 26.6 Å². The van der Waals surface area contributed by atoms with Crippen molar-refractivity contribution in [1.82, 2.24) is 4.90 Å². The van der Waals surface area contributed by atoms with Crippen LogP contribution in [0.25, 0.3) is 0 Å². The summed E-state index contributed by atoms with van der Waals surface area (Å²) in [5, 5.41) is 0. The second kappa shape index (κ2) is 7.02. The van der Waals surface area contributed by atoms with Gasteiger partial charge >= 0.3 is 0 Å². The molecule has 3 heteroatoms. The van der Waals surface area contributed by atoms with Crippen LogP contribution in [0.3, 0.4) is 0 Å². The maximum atomic E-state index is 5.66. The molecule has 106 valence electrons. The lowest BCUT2D eigenvalue weighted by Gasteiger charge is -2.18. The Labute approximate surface area is 129 Å². The molecule has 0 bridgehead atoms. The Morgan fingerprint density at radius 3 is 2.50 bits per heavy atom. The van der Waals surface area contributed by atoms with Crippen LogP contribution in [-0.4, -0.2) is 11.9 Å². The van der Waals surface area contributed by atoms with Gasteiger partial charge in [0.25, 0.3) is 0 Å². The van der Waals surface area contributed by atoms with E-state index in [0.717, 1.165) is 23.1 Å². The summed E-state index contributed by atoms with van der Waals surface area (Å²) in [6.45, 7) is 4.58. The summed E-state index contributed by atoms with van der Waals surface area (Å²) >= 11 is 3.63. The van der Waals surface area contributed by atoms with E-state index in [0.29, 0.717) is 6.54 Å². The van der Waals surface area contributed by atoms with Gasteiger partial charge in [0.15, 0.2) is 0 Å². The summed E-state index contributed by atoms with van der Waals surface area (Å²) in [6.07, 6.45) is 0. The Bertz CT molecular complexity index is 581. The predicted octanol–water partition coefficient (Wildman–Crippen LogP) is 3.85. The summed E-state index contributed by atoms with van der Waals surface area (Å²) < 4.78 is 1.14. The number of hydrogen-bond donors (Lipinski definition) is 1. The molecule has 0 saturated heterocycles. The van der Waals surface area contributed by atoms with E-state index in [2.05, 4.69) is 77.3 Å². The predicted molar refractivity (Wildman–Crippen MR) is 88.4 cm³/mol. The molecule has 0 amide bonds. The molecule has 0 heterocycles. The van der Waals surface area contributed by atoms with E-state index in [4.69, 9.17) is 5.73 Å². The quantitative estimate of drug-likeness (QED) is 0.901. The molecule has 2 nitrogen and oxygen atoms in total. The molecule has 2 aromatic carbocycles. The smallest absolute Gasteiger partial charge is 0.0245 e. The number of aryl methyl sites for hydroxylation is 1. The van der Waals surface area contributed by atoms with Crippen LogP contribution in [0.15, 0.2) is 46.9 Å². The number of nitrogens with two attached hydrogens (primary N) is 1. The molecule has 0 saturated carbocycles. The van der Waals surface area contributed by atoms with Gasteiger partial charge in [0.1, 0.15) is 0 Å². The van der Waals surface area contributed by atoms with Crippen molar-refractivity contribution in [2.24, 2.45) is 5.73 Å². The van der Waals surface area contributed by atoms with E-state index >= 15 is 0 Å². The molecule has 2 N–H and O–H groups in total. The highest BCUT2D eigenvalue weighted by Gasteiger charge is 2.06. The average molecular weight is 333 g/mol. The largest absolute Gasteiger partial charge is 0.326 e. The third-order valence-corrected chi connectivity index (χ3v) is 4.07. The Morgan fingerprint density at radius 2 is 1.85 bits per heavy atom. The zero-order chi connectivity index (χ0) is 14.5. The van der Waals surface area contributed by atoms with Crippen LogP contribution in [0.5, 0.6) is 0 Å². The van der Waals surface area contributed by atoms with Gasteiger partial charge in [-0.2, -0.15) is 0 Å². The van der Waals surface area contributed by atoms with Gasteiger partial charge in [-0.05, 0) is 36.7 Å². The third kappa shape index (κ3) is 4.17. The van der Waals surface area contributed by atoms with Gasteiger partial charge in [-0.3, -0.25) is 4.90 Å². The first-order valence-electron chi connectivity index (χ1n) is 6.80. The number of nitrogens with zero attached hydrogens (tertiary/aromatic N) is 1. The van der Waals surface area contributed by atoms with Crippen molar-refractivity contribution >= 4 is 15.9 Å². The van der Waals surface area contributed by atoms with Crippen LogP contribution in [-0.2, 0) is 19.6 Å². The first kappa shape index (κ1) is 15.2. The van der Waals surface area contributed by atoms with Crippen LogP contribution in [0, 0.1) is 6.92 Å². The van der Waals surface area contributed by atoms with Crippen LogP contribution < -0.4 is 5.73 Å². The Kier molecular flexibility index (Phi) is 5.35. The topological polar surface area (TPSA) is 29.3 Å². The Balaban J connectivity index is 2.02. The first-order chi connectivity index (χ1) is 9.58. The SMILES string of the molecule is Cc1cccc(CN(C)Cc2ccc(CN)cc2Br)c1. The van der Waals surface area contributed by atoms with Crippen LogP contribution in [0.4, 0.5) is 0 Å². The van der Waals surface area contributed by atoms with E-state index in [1.165, 1.54) is 16.7 Å². The van der Waals surface area contributed by atoms with Crippen LogP contribution in [0.2, 0.25) is 0 Å². The standard InChI is InChI=1S/C17H21BrN2/c1-13-4-3-5-15(8-13)11-20(2)12-16-7-6-14(10-19)9-17(16)18/h3-9H,10-12,19H2,1-2H3. The molecule has 0 aromatic heterocycles. The minimum atomic E-state index is 0.581. The van der Waals surface area contributed by atoms with Gasteiger partial charge in [0.05, 0.1) is 0 Å². The van der Waals surface area contributed by atoms with Crippen LogP contribution in [0.1, 0.15) is 22.3 Å². The maximum absolute atomic E-state index is 5.66. The van der Waals surface area contributed by atoms with Crippen LogP contribution >= 0.6 is 15.9 Å². The van der Waals surface area contributed by atoms with E-state index in [-0.39, 0.29) is 0 Å². The zero-order valence-corrected chi connectivity index (χ0v) is 13.7. The minimum Gasteiger partial charge on any atom is -0.326 e. The van der Waals surface area contributed by atoms with Gasteiger partial charge in [-0.1, -0.05) is 57.9 Å². The molecule has 0 aliphatic carbocycles. The first-order valence-corrected chi connectivity index (χ1v) is 7.59. The third-order valence-electron chi connectivity index (χ3n) is 3.33. The number of benzene rings is 2. The summed E-state index contributed by atoms with van der Waals surface area (Å²) in [5.74, 6) is 0. The monoisotopic (exact) mass is 332 g/mol. The normalized spacial score (nSPS) is 11.1. The van der Waals surface area contributed by atoms with Crippen molar-refractivity contribution in [2.75, 3.05) is 7.05 Å². The fourth-order valence-electron chi connectivity index (χ4n) is 2.31. The number of hydrogen-bond acceptors (Lipinski definition) is 2. The van der Waals surface area contributed by atoms with Crippen molar-refractivity contribution in [3.05, 3.63) is 69.2 Å². The molecule has 0 radical (unpaired) electrons. The highest BCUT2D eigenvalue weighted by atomic mass is 79.9. The maximum Gasteiger partial charge on any atom is 0.0245 e. The molecule has 20 heavy (non-hydrogen) atoms. The minimum absolute atomic E-state index is 0.581.